The molecule has 0 aliphatic heterocycles. The molecule has 4 nitrogen and oxygen atoms in total. The number of rotatable bonds is 2. The predicted octanol–water partition coefficient (Wildman–Crippen LogP) is 1.85. The maximum atomic E-state index is 8.65. The Labute approximate surface area is 78.2 Å². The topological polar surface area (TPSA) is 54.5 Å². The van der Waals surface area contributed by atoms with Crippen molar-refractivity contribution in [3.05, 3.63) is 11.6 Å². The van der Waals surface area contributed by atoms with Crippen LogP contribution in [-0.2, 0) is 0 Å². The fourth-order valence-corrected chi connectivity index (χ4v) is 1.16. The van der Waals surface area contributed by atoms with Crippen LogP contribution in [0.15, 0.2) is 0 Å². The third kappa shape index (κ3) is 1.86. The third-order valence-electron chi connectivity index (χ3n) is 1.76. The second-order valence-corrected chi connectivity index (χ2v) is 3.60. The molecule has 1 aromatic rings. The van der Waals surface area contributed by atoms with E-state index in [4.69, 9.17) is 5.26 Å². The van der Waals surface area contributed by atoms with E-state index in [-0.39, 0.29) is 11.9 Å². The molecule has 0 radical (unpaired) electrons. The standard InChI is InChI=1S/C9H14N4/c1-6(2)9-11-8(5-10)12-13(9)7(3)4/h6-7H,1-4H3. The first kappa shape index (κ1) is 9.72. The Morgan fingerprint density at radius 1 is 1.31 bits per heavy atom. The van der Waals surface area contributed by atoms with E-state index in [1.54, 1.807) is 0 Å². The van der Waals surface area contributed by atoms with Crippen LogP contribution >= 0.6 is 0 Å². The van der Waals surface area contributed by atoms with Gasteiger partial charge in [-0.25, -0.2) is 9.67 Å². The van der Waals surface area contributed by atoms with Crippen molar-refractivity contribution >= 4 is 0 Å². The molecule has 0 aliphatic rings. The molecule has 0 fully saturated rings. The van der Waals surface area contributed by atoms with Gasteiger partial charge in [0.1, 0.15) is 11.9 Å². The summed E-state index contributed by atoms with van der Waals surface area (Å²) in [6.07, 6.45) is 0. The molecule has 0 atom stereocenters. The highest BCUT2D eigenvalue weighted by molar-refractivity contribution is 5.11. The van der Waals surface area contributed by atoms with Gasteiger partial charge in [-0.05, 0) is 13.8 Å². The molecule has 1 aromatic heterocycles. The highest BCUT2D eigenvalue weighted by Gasteiger charge is 2.14. The maximum Gasteiger partial charge on any atom is 0.252 e. The smallest absolute Gasteiger partial charge is 0.246 e. The minimum absolute atomic E-state index is 0.256. The lowest BCUT2D eigenvalue weighted by Crippen LogP contribution is -2.09. The average molecular weight is 178 g/mol. The molecule has 0 saturated carbocycles. The van der Waals surface area contributed by atoms with Crippen molar-refractivity contribution in [2.45, 2.75) is 39.7 Å². The van der Waals surface area contributed by atoms with Crippen molar-refractivity contribution in [2.75, 3.05) is 0 Å². The highest BCUT2D eigenvalue weighted by atomic mass is 15.4. The normalized spacial score (nSPS) is 10.8. The maximum absolute atomic E-state index is 8.65. The first-order chi connectivity index (χ1) is 6.06. The first-order valence-electron chi connectivity index (χ1n) is 4.42. The molecular weight excluding hydrogens is 164 g/mol. The molecule has 0 spiro atoms. The van der Waals surface area contributed by atoms with Crippen LogP contribution in [0.1, 0.15) is 51.3 Å². The van der Waals surface area contributed by atoms with E-state index in [0.717, 1.165) is 5.82 Å². The van der Waals surface area contributed by atoms with E-state index in [9.17, 15) is 0 Å². The zero-order chi connectivity index (χ0) is 10.0. The number of nitriles is 1. The SMILES string of the molecule is CC(C)c1nc(C#N)nn1C(C)C. The van der Waals surface area contributed by atoms with E-state index >= 15 is 0 Å². The van der Waals surface area contributed by atoms with Crippen LogP contribution < -0.4 is 0 Å². The van der Waals surface area contributed by atoms with Gasteiger partial charge >= 0.3 is 0 Å². The number of aromatic nitrogens is 3. The van der Waals surface area contributed by atoms with Crippen molar-refractivity contribution in [3.63, 3.8) is 0 Å². The summed E-state index contributed by atoms with van der Waals surface area (Å²) >= 11 is 0. The first-order valence-corrected chi connectivity index (χ1v) is 4.42. The zero-order valence-corrected chi connectivity index (χ0v) is 8.44. The minimum Gasteiger partial charge on any atom is -0.246 e. The van der Waals surface area contributed by atoms with Gasteiger partial charge in [0.25, 0.3) is 5.82 Å². The van der Waals surface area contributed by atoms with Gasteiger partial charge in [0, 0.05) is 12.0 Å². The monoisotopic (exact) mass is 178 g/mol. The lowest BCUT2D eigenvalue weighted by Gasteiger charge is -2.10. The quantitative estimate of drug-likeness (QED) is 0.694. The molecule has 0 saturated heterocycles. The summed E-state index contributed by atoms with van der Waals surface area (Å²) < 4.78 is 1.81. The predicted molar refractivity (Wildman–Crippen MR) is 49.2 cm³/mol. The molecule has 0 bridgehead atoms. The van der Waals surface area contributed by atoms with E-state index < -0.39 is 0 Å². The van der Waals surface area contributed by atoms with Gasteiger partial charge in [0.15, 0.2) is 0 Å². The molecule has 13 heavy (non-hydrogen) atoms. The van der Waals surface area contributed by atoms with Crippen LogP contribution in [-0.4, -0.2) is 14.8 Å². The summed E-state index contributed by atoms with van der Waals surface area (Å²) in [6.45, 7) is 8.15. The molecule has 0 aliphatic carbocycles. The second-order valence-electron chi connectivity index (χ2n) is 3.60. The molecule has 70 valence electrons. The third-order valence-corrected chi connectivity index (χ3v) is 1.76. The van der Waals surface area contributed by atoms with Gasteiger partial charge in [-0.1, -0.05) is 13.8 Å². The van der Waals surface area contributed by atoms with Crippen molar-refractivity contribution in [2.24, 2.45) is 0 Å². The van der Waals surface area contributed by atoms with Crippen LogP contribution in [0.2, 0.25) is 0 Å². The fourth-order valence-electron chi connectivity index (χ4n) is 1.16. The molecule has 0 aromatic carbocycles. The second kappa shape index (κ2) is 3.56. The van der Waals surface area contributed by atoms with Crippen LogP contribution in [0.4, 0.5) is 0 Å². The highest BCUT2D eigenvalue weighted by Crippen LogP contribution is 2.15. The van der Waals surface area contributed by atoms with Crippen LogP contribution in [0.3, 0.4) is 0 Å². The molecular formula is C9H14N4. The molecule has 0 amide bonds. The molecule has 0 unspecified atom stereocenters. The molecule has 0 N–H and O–H groups in total. The average Bonchev–Trinajstić information content (AvgIpc) is 2.47. The Balaban J connectivity index is 3.17. The summed E-state index contributed by atoms with van der Waals surface area (Å²) in [5.41, 5.74) is 0. The largest absolute Gasteiger partial charge is 0.252 e. The van der Waals surface area contributed by atoms with Crippen LogP contribution in [0, 0.1) is 11.3 Å². The van der Waals surface area contributed by atoms with Crippen molar-refractivity contribution in [1.82, 2.24) is 14.8 Å². The Morgan fingerprint density at radius 2 is 1.92 bits per heavy atom. The van der Waals surface area contributed by atoms with E-state index in [1.165, 1.54) is 0 Å². The lowest BCUT2D eigenvalue weighted by atomic mass is 10.2. The Morgan fingerprint density at radius 3 is 2.23 bits per heavy atom. The summed E-state index contributed by atoms with van der Waals surface area (Å²) in [5.74, 6) is 1.45. The number of nitrogens with zero attached hydrogens (tertiary/aromatic N) is 4. The minimum atomic E-state index is 0.256. The van der Waals surface area contributed by atoms with Crippen LogP contribution in [0.5, 0.6) is 0 Å². The summed E-state index contributed by atoms with van der Waals surface area (Å²) in [5, 5.41) is 12.7. The van der Waals surface area contributed by atoms with Gasteiger partial charge in [0.05, 0.1) is 0 Å². The van der Waals surface area contributed by atoms with Gasteiger partial charge in [-0.3, -0.25) is 0 Å². The molecule has 1 rings (SSSR count). The Bertz CT molecular complexity index is 304. The van der Waals surface area contributed by atoms with Gasteiger partial charge < -0.3 is 0 Å². The van der Waals surface area contributed by atoms with Crippen molar-refractivity contribution in [1.29, 1.82) is 5.26 Å². The number of hydrogen-bond acceptors (Lipinski definition) is 3. The van der Waals surface area contributed by atoms with E-state index in [1.807, 2.05) is 38.4 Å². The number of hydrogen-bond donors (Lipinski definition) is 0. The fraction of sp³-hybridized carbons (Fsp3) is 0.667. The van der Waals surface area contributed by atoms with Crippen molar-refractivity contribution in [3.8, 4) is 6.07 Å². The van der Waals surface area contributed by atoms with Crippen molar-refractivity contribution < 1.29 is 0 Å². The summed E-state index contributed by atoms with van der Waals surface area (Å²) in [6, 6.07) is 2.21. The summed E-state index contributed by atoms with van der Waals surface area (Å²) in [7, 11) is 0. The Hall–Kier alpha value is -1.37. The van der Waals surface area contributed by atoms with Gasteiger partial charge in [-0.15, -0.1) is 5.10 Å². The van der Waals surface area contributed by atoms with Gasteiger partial charge in [-0.2, -0.15) is 5.26 Å². The van der Waals surface area contributed by atoms with Gasteiger partial charge in [0.2, 0.25) is 0 Å². The summed E-state index contributed by atoms with van der Waals surface area (Å²) in [4.78, 5) is 4.14. The lowest BCUT2D eigenvalue weighted by molar-refractivity contribution is 0.492. The molecule has 4 heteroatoms. The molecule has 1 heterocycles. The van der Waals surface area contributed by atoms with E-state index in [2.05, 4.69) is 10.1 Å². The van der Waals surface area contributed by atoms with Crippen LogP contribution in [0.25, 0.3) is 0 Å². The van der Waals surface area contributed by atoms with E-state index in [0.29, 0.717) is 5.92 Å². The zero-order valence-electron chi connectivity index (χ0n) is 8.44. The Kier molecular flexibility index (Phi) is 2.66.